The Morgan fingerprint density at radius 3 is 1.79 bits per heavy atom. The van der Waals surface area contributed by atoms with Crippen molar-refractivity contribution in [1.29, 1.82) is 0 Å². The number of rotatable bonds is 12. The van der Waals surface area contributed by atoms with Gasteiger partial charge in [-0.05, 0) is 124 Å². The Morgan fingerprint density at radius 2 is 1.22 bits per heavy atom. The second-order valence-corrected chi connectivity index (χ2v) is 18.3. The first-order valence-corrected chi connectivity index (χ1v) is 25.7. The van der Waals surface area contributed by atoms with Gasteiger partial charge in [-0.1, -0.05) is 65.1 Å². The monoisotopic (exact) mass is 1100 g/mol. The molecule has 3 aliphatic rings. The van der Waals surface area contributed by atoms with Crippen LogP contribution in [0.1, 0.15) is 46.8 Å². The molecule has 21 heteroatoms. The fourth-order valence-corrected chi connectivity index (χ4v) is 8.98. The van der Waals surface area contributed by atoms with Gasteiger partial charge in [-0.15, -0.1) is 0 Å². The van der Waals surface area contributed by atoms with Gasteiger partial charge in [-0.2, -0.15) is 10.2 Å². The fourth-order valence-electron chi connectivity index (χ4n) is 8.51. The van der Waals surface area contributed by atoms with Crippen molar-refractivity contribution in [3.05, 3.63) is 205 Å². The number of carbonyl (C=O) groups is 4. The normalized spacial score (nSPS) is 14.3. The highest BCUT2D eigenvalue weighted by Gasteiger charge is 2.36. The van der Waals surface area contributed by atoms with E-state index in [1.54, 1.807) is 127 Å². The van der Waals surface area contributed by atoms with Crippen molar-refractivity contribution < 1.29 is 33.4 Å². The summed E-state index contributed by atoms with van der Waals surface area (Å²) >= 11 is 17.5. The molecule has 396 valence electrons. The molecular weight excluding hydrogens is 1050 g/mol. The lowest BCUT2D eigenvalue weighted by Gasteiger charge is -2.35. The predicted molar refractivity (Wildman–Crippen MR) is 296 cm³/mol. The number of anilines is 3. The summed E-state index contributed by atoms with van der Waals surface area (Å²) in [6.07, 6.45) is 6.72. The molecule has 3 aromatic heterocycles. The number of hydrazone groups is 1. The van der Waals surface area contributed by atoms with Crippen LogP contribution in [0.25, 0.3) is 17.1 Å². The molecule has 1 fully saturated rings. The number of hydrogen-bond acceptors (Lipinski definition) is 13. The van der Waals surface area contributed by atoms with Gasteiger partial charge in [0.1, 0.15) is 5.69 Å². The zero-order valence-corrected chi connectivity index (χ0v) is 44.2. The maximum Gasteiger partial charge on any atom is 0.370 e. The Hall–Kier alpha value is -8.29. The molecule has 0 unspecified atom stereocenters. The minimum absolute atomic E-state index is 0.0304. The van der Waals surface area contributed by atoms with Gasteiger partial charge in [0.15, 0.2) is 5.69 Å². The maximum atomic E-state index is 13.7. The quantitative estimate of drug-likeness (QED) is 0.0697. The number of carbonyl (C=O) groups excluding carboxylic acids is 4. The standard InChI is InChI=1S/C26H21ClN4O4.C20H21N3O3.C10H10Cl2N2O2/c1-2-35-26(34)23-21-13-15-30(19-11-9-18(10-12-19)29-14-4-3-8-22(29)32)25(33)24(21)31(28-23)20-7-5-6-17(27)16-20;24-19-5-1-2-10-22(19)16-6-8-17(9-7-16)23-11-3-4-18(20(23)25)21-12-14-26-15-13-21;1-2-16-10(15)9(12)14-13-8-5-3-4-7(11)6-8/h3-12,14,16H,2,13,15H2,1H3;1-2,4-10H,3,11-15H2;3-6,13H,2H2,1H3/b;;14-9-. The van der Waals surface area contributed by atoms with E-state index in [-0.39, 0.29) is 47.0 Å². The number of ether oxygens (including phenoxy) is 3. The smallest absolute Gasteiger partial charge is 0.370 e. The van der Waals surface area contributed by atoms with Gasteiger partial charge in [-0.25, -0.2) is 14.3 Å². The Labute approximate surface area is 457 Å². The lowest BCUT2D eigenvalue weighted by Crippen LogP contribution is -2.45. The number of amides is 2. The Bertz CT molecular complexity index is 3440. The number of fused-ring (bicyclic) bond motifs is 1. The molecule has 1 saturated heterocycles. The minimum atomic E-state index is -0.668. The van der Waals surface area contributed by atoms with Crippen molar-refractivity contribution in [3.63, 3.8) is 0 Å². The zero-order valence-electron chi connectivity index (χ0n) is 41.9. The molecule has 0 aliphatic carbocycles. The molecule has 7 aromatic rings. The Kier molecular flexibility index (Phi) is 18.5. The van der Waals surface area contributed by atoms with Gasteiger partial charge in [0.05, 0.1) is 43.5 Å². The average Bonchev–Trinajstić information content (AvgIpc) is 3.88. The second-order valence-electron chi connectivity index (χ2n) is 17.0. The van der Waals surface area contributed by atoms with Crippen LogP contribution in [0, 0.1) is 0 Å². The first-order valence-electron chi connectivity index (χ1n) is 24.5. The van der Waals surface area contributed by atoms with Crippen LogP contribution in [0.3, 0.4) is 0 Å². The van der Waals surface area contributed by atoms with Gasteiger partial charge in [0.2, 0.25) is 5.17 Å². The molecule has 0 atom stereocenters. The van der Waals surface area contributed by atoms with Crippen molar-refractivity contribution in [2.75, 3.05) is 67.8 Å². The number of halogens is 3. The van der Waals surface area contributed by atoms with E-state index in [1.807, 2.05) is 41.3 Å². The molecule has 0 saturated carbocycles. The van der Waals surface area contributed by atoms with Crippen LogP contribution < -0.4 is 26.3 Å². The summed E-state index contributed by atoms with van der Waals surface area (Å²) in [5.41, 5.74) is 8.32. The number of aromatic nitrogens is 4. The van der Waals surface area contributed by atoms with Crippen LogP contribution in [0.4, 0.5) is 17.1 Å². The summed E-state index contributed by atoms with van der Waals surface area (Å²) < 4.78 is 19.8. The highest BCUT2D eigenvalue weighted by atomic mass is 35.5. The number of hydrogen-bond donors (Lipinski definition) is 1. The molecule has 4 aromatic carbocycles. The number of esters is 2. The average molecular weight is 1100 g/mol. The van der Waals surface area contributed by atoms with Gasteiger partial charge in [-0.3, -0.25) is 33.7 Å². The molecule has 0 bridgehead atoms. The van der Waals surface area contributed by atoms with Crippen molar-refractivity contribution in [2.24, 2.45) is 5.10 Å². The van der Waals surface area contributed by atoms with E-state index in [0.717, 1.165) is 36.6 Å². The summed E-state index contributed by atoms with van der Waals surface area (Å²) in [5, 5.41) is 8.90. The SMILES string of the molecule is CCOC(=O)/C(Cl)=N/Nc1cccc(Cl)c1.CCOC(=O)c1nn(-c2cccc(Cl)c2)c2c1CCN(c1ccc(-n3ccccc3=O)cc1)C2=O.O=C1C(N2CCOCC2)=CCCN1c1ccc(-n2ccccc2=O)cc1. The van der Waals surface area contributed by atoms with Crippen molar-refractivity contribution in [2.45, 2.75) is 26.7 Å². The number of nitrogens with zero attached hydrogens (tertiary/aromatic N) is 8. The summed E-state index contributed by atoms with van der Waals surface area (Å²) in [7, 11) is 0. The van der Waals surface area contributed by atoms with Crippen LogP contribution in [-0.2, 0) is 30.2 Å². The molecule has 0 radical (unpaired) electrons. The van der Waals surface area contributed by atoms with E-state index >= 15 is 0 Å². The summed E-state index contributed by atoms with van der Waals surface area (Å²) in [6.45, 7) is 7.71. The van der Waals surface area contributed by atoms with Crippen molar-refractivity contribution in [1.82, 2.24) is 23.8 Å². The molecule has 2 amide bonds. The second kappa shape index (κ2) is 26.0. The van der Waals surface area contributed by atoms with Gasteiger partial charge in [0.25, 0.3) is 22.9 Å². The molecule has 3 aliphatic heterocycles. The van der Waals surface area contributed by atoms with Crippen LogP contribution in [-0.4, -0.2) is 105 Å². The molecule has 77 heavy (non-hydrogen) atoms. The van der Waals surface area contributed by atoms with Crippen LogP contribution >= 0.6 is 34.8 Å². The zero-order chi connectivity index (χ0) is 54.4. The van der Waals surface area contributed by atoms with Gasteiger partial charge in [0, 0.05) is 89.1 Å². The van der Waals surface area contributed by atoms with E-state index in [4.69, 9.17) is 44.3 Å². The highest BCUT2D eigenvalue weighted by Crippen LogP contribution is 2.31. The molecule has 10 rings (SSSR count). The third-order valence-electron chi connectivity index (χ3n) is 12.1. The lowest BCUT2D eigenvalue weighted by atomic mass is 10.0. The Morgan fingerprint density at radius 1 is 0.649 bits per heavy atom. The number of morpholine rings is 1. The molecular formula is C56H52Cl3N9O9. The summed E-state index contributed by atoms with van der Waals surface area (Å²) in [5.74, 6) is -1.50. The predicted octanol–water partition coefficient (Wildman–Crippen LogP) is 8.71. The van der Waals surface area contributed by atoms with E-state index in [1.165, 1.54) is 21.4 Å². The van der Waals surface area contributed by atoms with Crippen molar-refractivity contribution >= 4 is 80.8 Å². The number of pyridine rings is 2. The van der Waals surface area contributed by atoms with Crippen LogP contribution in [0.2, 0.25) is 10.0 Å². The topological polar surface area (TPSA) is 192 Å². The number of benzene rings is 4. The van der Waals surface area contributed by atoms with Crippen LogP contribution in [0.15, 0.2) is 172 Å². The first-order chi connectivity index (χ1) is 37.3. The van der Waals surface area contributed by atoms with E-state index < -0.39 is 11.9 Å². The molecule has 6 heterocycles. The fraction of sp³-hybridized carbons (Fsp3) is 0.214. The molecule has 1 N–H and O–H groups in total. The number of nitrogens with one attached hydrogen (secondary N) is 1. The van der Waals surface area contributed by atoms with Gasteiger partial charge >= 0.3 is 11.9 Å². The van der Waals surface area contributed by atoms with Gasteiger partial charge < -0.3 is 28.9 Å². The van der Waals surface area contributed by atoms with Crippen LogP contribution in [0.5, 0.6) is 0 Å². The first kappa shape index (κ1) is 55.0. The maximum absolute atomic E-state index is 13.7. The summed E-state index contributed by atoms with van der Waals surface area (Å²) in [4.78, 5) is 80.0. The largest absolute Gasteiger partial charge is 0.461 e. The third-order valence-corrected chi connectivity index (χ3v) is 12.8. The minimum Gasteiger partial charge on any atom is -0.461 e. The lowest BCUT2D eigenvalue weighted by molar-refractivity contribution is -0.134. The highest BCUT2D eigenvalue weighted by molar-refractivity contribution is 6.82. The Balaban J connectivity index is 0.000000164. The molecule has 0 spiro atoms. The third kappa shape index (κ3) is 13.4. The van der Waals surface area contributed by atoms with E-state index in [2.05, 4.69) is 25.3 Å². The van der Waals surface area contributed by atoms with E-state index in [0.29, 0.717) is 76.8 Å². The van der Waals surface area contributed by atoms with E-state index in [9.17, 15) is 28.8 Å². The molecule has 18 nitrogen and oxygen atoms in total. The van der Waals surface area contributed by atoms with Crippen molar-refractivity contribution in [3.8, 4) is 17.1 Å². The summed E-state index contributed by atoms with van der Waals surface area (Å²) in [6, 6.07) is 38.5.